The molecule has 0 radical (unpaired) electrons. The van der Waals surface area contributed by atoms with E-state index in [9.17, 15) is 0 Å². The number of thiazole rings is 1. The summed E-state index contributed by atoms with van der Waals surface area (Å²) in [4.78, 5) is 5.53. The maximum Gasteiger partial charge on any atom is 0.0794 e. The van der Waals surface area contributed by atoms with Gasteiger partial charge in [-0.25, -0.2) is 0 Å². The lowest BCUT2D eigenvalue weighted by atomic mass is 9.82. The van der Waals surface area contributed by atoms with Crippen molar-refractivity contribution in [3.63, 3.8) is 0 Å². The first-order valence-corrected chi connectivity index (χ1v) is 7.83. The van der Waals surface area contributed by atoms with E-state index in [1.807, 2.05) is 11.7 Å². The zero-order valence-electron chi connectivity index (χ0n) is 11.0. The lowest BCUT2D eigenvalue weighted by Gasteiger charge is -2.32. The summed E-state index contributed by atoms with van der Waals surface area (Å²) in [6.45, 7) is 4.57. The quantitative estimate of drug-likeness (QED) is 0.851. The Morgan fingerprint density at radius 1 is 1.41 bits per heavy atom. The van der Waals surface area contributed by atoms with E-state index in [4.69, 9.17) is 0 Å². The Kier molecular flexibility index (Phi) is 4.99. The first-order chi connectivity index (χ1) is 8.31. The molecule has 0 bridgehead atoms. The molecule has 2 rings (SSSR count). The van der Waals surface area contributed by atoms with E-state index in [-0.39, 0.29) is 0 Å². The van der Waals surface area contributed by atoms with Crippen molar-refractivity contribution in [2.75, 3.05) is 0 Å². The second-order valence-corrected chi connectivity index (χ2v) is 6.12. The van der Waals surface area contributed by atoms with Gasteiger partial charge in [0.25, 0.3) is 0 Å². The number of hydrogen-bond donors (Lipinski definition) is 1. The molecule has 1 saturated carbocycles. The van der Waals surface area contributed by atoms with E-state index in [1.165, 1.54) is 43.4 Å². The van der Waals surface area contributed by atoms with Crippen molar-refractivity contribution < 1.29 is 0 Å². The normalized spacial score (nSPS) is 21.3. The molecular weight excluding hydrogens is 228 g/mol. The van der Waals surface area contributed by atoms with E-state index in [1.54, 1.807) is 11.3 Å². The van der Waals surface area contributed by atoms with Gasteiger partial charge in [-0.3, -0.25) is 4.98 Å². The number of aromatic nitrogens is 1. The average molecular weight is 252 g/mol. The molecule has 1 aliphatic carbocycles. The van der Waals surface area contributed by atoms with Gasteiger partial charge in [0, 0.05) is 23.2 Å². The van der Waals surface area contributed by atoms with Crippen LogP contribution in [0.2, 0.25) is 0 Å². The molecule has 0 amide bonds. The van der Waals surface area contributed by atoms with Crippen LogP contribution >= 0.6 is 11.3 Å². The Morgan fingerprint density at radius 2 is 2.18 bits per heavy atom. The number of nitrogens with zero attached hydrogens (tertiary/aromatic N) is 1. The molecule has 96 valence electrons. The molecule has 3 heteroatoms. The Bertz CT molecular complexity index is 304. The fourth-order valence-corrected chi connectivity index (χ4v) is 3.60. The molecular formula is C14H24N2S. The molecule has 0 aliphatic heterocycles. The van der Waals surface area contributed by atoms with Gasteiger partial charge in [-0.2, -0.15) is 0 Å². The van der Waals surface area contributed by atoms with Gasteiger partial charge in [0.2, 0.25) is 0 Å². The van der Waals surface area contributed by atoms with Crippen LogP contribution in [0.5, 0.6) is 0 Å². The van der Waals surface area contributed by atoms with Gasteiger partial charge in [0.05, 0.1) is 5.51 Å². The van der Waals surface area contributed by atoms with Gasteiger partial charge in [-0.05, 0) is 32.1 Å². The standard InChI is InChI=1S/C14H24N2S/c1-3-13(12-7-5-4-6-8-12)16-11(2)14-9-15-10-17-14/h9-13,16H,3-8H2,1-2H3. The largest absolute Gasteiger partial charge is 0.306 e. The summed E-state index contributed by atoms with van der Waals surface area (Å²) in [7, 11) is 0. The van der Waals surface area contributed by atoms with E-state index < -0.39 is 0 Å². The summed E-state index contributed by atoms with van der Waals surface area (Å²) in [6, 6.07) is 1.14. The Balaban J connectivity index is 1.90. The van der Waals surface area contributed by atoms with Crippen LogP contribution in [0.3, 0.4) is 0 Å². The molecule has 0 saturated heterocycles. The van der Waals surface area contributed by atoms with Gasteiger partial charge < -0.3 is 5.32 Å². The summed E-state index contributed by atoms with van der Waals surface area (Å²) in [5.41, 5.74) is 1.93. The Morgan fingerprint density at radius 3 is 2.76 bits per heavy atom. The highest BCUT2D eigenvalue weighted by Crippen LogP contribution is 2.29. The predicted octanol–water partition coefficient (Wildman–Crippen LogP) is 4.15. The summed E-state index contributed by atoms with van der Waals surface area (Å²) in [5, 5.41) is 3.81. The molecule has 1 aromatic heterocycles. The van der Waals surface area contributed by atoms with Crippen molar-refractivity contribution in [2.45, 2.75) is 64.5 Å². The van der Waals surface area contributed by atoms with Crippen LogP contribution in [0.15, 0.2) is 11.7 Å². The molecule has 1 aliphatic rings. The van der Waals surface area contributed by atoms with Gasteiger partial charge >= 0.3 is 0 Å². The highest BCUT2D eigenvalue weighted by Gasteiger charge is 2.23. The predicted molar refractivity (Wildman–Crippen MR) is 74.3 cm³/mol. The summed E-state index contributed by atoms with van der Waals surface area (Å²) in [6.07, 6.45) is 10.4. The van der Waals surface area contributed by atoms with Gasteiger partial charge in [0.15, 0.2) is 0 Å². The summed E-state index contributed by atoms with van der Waals surface area (Å²) < 4.78 is 0. The van der Waals surface area contributed by atoms with Crippen molar-refractivity contribution in [2.24, 2.45) is 5.92 Å². The molecule has 1 heterocycles. The molecule has 1 fully saturated rings. The third kappa shape index (κ3) is 3.52. The van der Waals surface area contributed by atoms with E-state index >= 15 is 0 Å². The summed E-state index contributed by atoms with van der Waals surface area (Å²) in [5.74, 6) is 0.893. The smallest absolute Gasteiger partial charge is 0.0794 e. The zero-order chi connectivity index (χ0) is 12.1. The van der Waals surface area contributed by atoms with Crippen LogP contribution in [-0.4, -0.2) is 11.0 Å². The minimum atomic E-state index is 0.453. The van der Waals surface area contributed by atoms with E-state index in [2.05, 4.69) is 24.1 Å². The molecule has 2 unspecified atom stereocenters. The van der Waals surface area contributed by atoms with Crippen LogP contribution in [0.1, 0.15) is 63.3 Å². The zero-order valence-corrected chi connectivity index (χ0v) is 11.8. The molecule has 17 heavy (non-hydrogen) atoms. The Labute approximate surface area is 109 Å². The molecule has 2 atom stereocenters. The number of rotatable bonds is 5. The molecule has 1 N–H and O–H groups in total. The topological polar surface area (TPSA) is 24.9 Å². The first-order valence-electron chi connectivity index (χ1n) is 6.95. The van der Waals surface area contributed by atoms with Crippen molar-refractivity contribution in [3.8, 4) is 0 Å². The highest BCUT2D eigenvalue weighted by molar-refractivity contribution is 7.09. The minimum absolute atomic E-state index is 0.453. The van der Waals surface area contributed by atoms with Crippen molar-refractivity contribution in [1.82, 2.24) is 10.3 Å². The number of nitrogens with one attached hydrogen (secondary N) is 1. The van der Waals surface area contributed by atoms with Gasteiger partial charge in [-0.1, -0.05) is 26.2 Å². The first kappa shape index (κ1) is 13.0. The van der Waals surface area contributed by atoms with Crippen LogP contribution in [0, 0.1) is 5.92 Å². The second-order valence-electron chi connectivity index (χ2n) is 5.20. The van der Waals surface area contributed by atoms with Crippen molar-refractivity contribution in [1.29, 1.82) is 0 Å². The van der Waals surface area contributed by atoms with Crippen LogP contribution in [0.4, 0.5) is 0 Å². The van der Waals surface area contributed by atoms with Crippen molar-refractivity contribution in [3.05, 3.63) is 16.6 Å². The molecule has 1 aromatic rings. The van der Waals surface area contributed by atoms with E-state index in [0.29, 0.717) is 12.1 Å². The third-order valence-corrected chi connectivity index (χ3v) is 4.96. The lowest BCUT2D eigenvalue weighted by Crippen LogP contribution is -2.38. The SMILES string of the molecule is CCC(NC(C)c1cncs1)C1CCCCC1. The monoisotopic (exact) mass is 252 g/mol. The van der Waals surface area contributed by atoms with Crippen LogP contribution in [0.25, 0.3) is 0 Å². The molecule has 2 nitrogen and oxygen atoms in total. The van der Waals surface area contributed by atoms with E-state index in [0.717, 1.165) is 5.92 Å². The molecule has 0 spiro atoms. The summed E-state index contributed by atoms with van der Waals surface area (Å²) >= 11 is 1.76. The van der Waals surface area contributed by atoms with Gasteiger partial charge in [-0.15, -0.1) is 11.3 Å². The number of hydrogen-bond acceptors (Lipinski definition) is 3. The second kappa shape index (κ2) is 6.50. The maximum absolute atomic E-state index is 4.17. The fourth-order valence-electron chi connectivity index (χ4n) is 2.97. The highest BCUT2D eigenvalue weighted by atomic mass is 32.1. The van der Waals surface area contributed by atoms with Gasteiger partial charge in [0.1, 0.15) is 0 Å². The van der Waals surface area contributed by atoms with Crippen LogP contribution in [-0.2, 0) is 0 Å². The maximum atomic E-state index is 4.17. The average Bonchev–Trinajstić information content (AvgIpc) is 2.90. The van der Waals surface area contributed by atoms with Crippen molar-refractivity contribution >= 4 is 11.3 Å². The Hall–Kier alpha value is -0.410. The lowest BCUT2D eigenvalue weighted by molar-refractivity contribution is 0.250. The van der Waals surface area contributed by atoms with Crippen LogP contribution < -0.4 is 5.32 Å². The fraction of sp³-hybridized carbons (Fsp3) is 0.786. The molecule has 0 aromatic carbocycles. The third-order valence-electron chi connectivity index (χ3n) is 4.00. The minimum Gasteiger partial charge on any atom is -0.306 e.